The van der Waals surface area contributed by atoms with Crippen molar-refractivity contribution < 1.29 is 34.3 Å². The number of nitro groups is 2. The van der Waals surface area contributed by atoms with Gasteiger partial charge in [0.15, 0.2) is 0 Å². The van der Waals surface area contributed by atoms with Crippen LogP contribution in [0.5, 0.6) is 23.0 Å². The Bertz CT molecular complexity index is 1800. The van der Waals surface area contributed by atoms with E-state index in [-0.39, 0.29) is 48.4 Å². The maximum Gasteiger partial charge on any atom is 0.262 e. The number of para-hydroxylation sites is 2. The van der Waals surface area contributed by atoms with Crippen LogP contribution in [0.25, 0.3) is 0 Å². The Morgan fingerprint density at radius 2 is 1.00 bits per heavy atom. The molecule has 0 amide bonds. The molecule has 13 nitrogen and oxygen atoms in total. The van der Waals surface area contributed by atoms with Crippen molar-refractivity contribution in [2.75, 3.05) is 26.4 Å². The second kappa shape index (κ2) is 16.3. The van der Waals surface area contributed by atoms with Gasteiger partial charge in [-0.2, -0.15) is 0 Å². The standard InChI is InChI=1S/C38H42N4O9/c1-37(2,3)27-13-15-33(29(21-27)39-23-25-9-7-11-31(35(25)43)41(45)46)50-19-17-49-18-20-51-34-16-14-28(38(4,5)6)22-30(34)40-24-26-10-8-12-32(36(26)44)42(47)48/h7-16,21-24,43-44H,17-20H2,1-6H3/p-2. The molecule has 0 radical (unpaired) electrons. The van der Waals surface area contributed by atoms with Crippen LogP contribution < -0.4 is 19.7 Å². The van der Waals surface area contributed by atoms with Crippen LogP contribution in [0.3, 0.4) is 0 Å². The van der Waals surface area contributed by atoms with E-state index in [0.717, 1.165) is 23.3 Å². The third-order valence-corrected chi connectivity index (χ3v) is 7.75. The van der Waals surface area contributed by atoms with E-state index in [4.69, 9.17) is 14.2 Å². The van der Waals surface area contributed by atoms with Crippen LogP contribution >= 0.6 is 0 Å². The molecule has 0 aliphatic rings. The van der Waals surface area contributed by atoms with E-state index in [0.29, 0.717) is 22.9 Å². The van der Waals surface area contributed by atoms with Crippen molar-refractivity contribution in [2.45, 2.75) is 52.4 Å². The van der Waals surface area contributed by atoms with Crippen LogP contribution in [0.4, 0.5) is 22.7 Å². The third kappa shape index (κ3) is 10.1. The summed E-state index contributed by atoms with van der Waals surface area (Å²) in [4.78, 5) is 29.9. The SMILES string of the molecule is CC(C)(C)c1ccc(OCCOCCOc2ccc(C(C)(C)C)cc2N=Cc2cccc([N+](=O)[O-])c2[O-])c(N=Cc2cccc([N+](=O)[O-])c2[O-])c1. The van der Waals surface area contributed by atoms with E-state index in [2.05, 4.69) is 51.5 Å². The molecular weight excluding hydrogens is 656 g/mol. The van der Waals surface area contributed by atoms with Crippen LogP contribution in [0.15, 0.2) is 82.8 Å². The minimum Gasteiger partial charge on any atom is -0.867 e. The molecule has 0 unspecified atom stereocenters. The van der Waals surface area contributed by atoms with Gasteiger partial charge in [-0.1, -0.05) is 77.9 Å². The van der Waals surface area contributed by atoms with E-state index >= 15 is 0 Å². The van der Waals surface area contributed by atoms with E-state index in [1.807, 2.05) is 24.3 Å². The molecule has 0 fully saturated rings. The van der Waals surface area contributed by atoms with Crippen molar-refractivity contribution in [3.8, 4) is 23.0 Å². The van der Waals surface area contributed by atoms with Gasteiger partial charge in [-0.05, 0) is 68.8 Å². The van der Waals surface area contributed by atoms with Gasteiger partial charge in [0.25, 0.3) is 11.4 Å². The van der Waals surface area contributed by atoms with Crippen LogP contribution in [0, 0.1) is 20.2 Å². The summed E-state index contributed by atoms with van der Waals surface area (Å²) in [5.74, 6) is -0.550. The molecule has 0 saturated carbocycles. The summed E-state index contributed by atoms with van der Waals surface area (Å²) < 4.78 is 17.7. The molecular formula is C38H40N4O9-2. The number of benzene rings is 4. The molecule has 4 rings (SSSR count). The molecule has 51 heavy (non-hydrogen) atoms. The van der Waals surface area contributed by atoms with Crippen LogP contribution in [0.1, 0.15) is 63.8 Å². The summed E-state index contributed by atoms with van der Waals surface area (Å²) in [7, 11) is 0. The van der Waals surface area contributed by atoms with Gasteiger partial charge in [0.2, 0.25) is 0 Å². The van der Waals surface area contributed by atoms with Crippen molar-refractivity contribution in [1.29, 1.82) is 0 Å². The van der Waals surface area contributed by atoms with Crippen LogP contribution in [0.2, 0.25) is 0 Å². The zero-order valence-electron chi connectivity index (χ0n) is 29.4. The highest BCUT2D eigenvalue weighted by molar-refractivity contribution is 5.88. The topological polar surface area (TPSA) is 185 Å². The molecule has 0 aliphatic heterocycles. The van der Waals surface area contributed by atoms with Crippen molar-refractivity contribution in [3.05, 3.63) is 115 Å². The average molecular weight is 697 g/mol. The van der Waals surface area contributed by atoms with E-state index < -0.39 is 32.7 Å². The summed E-state index contributed by atoms with van der Waals surface area (Å²) in [5.41, 5.74) is 1.61. The molecule has 0 aliphatic carbocycles. The number of nitrogens with zero attached hydrogens (tertiary/aromatic N) is 4. The number of hydrogen-bond acceptors (Lipinski definition) is 11. The first-order valence-corrected chi connectivity index (χ1v) is 16.2. The minimum atomic E-state index is -0.723. The quantitative estimate of drug-likeness (QED) is 0.0568. The summed E-state index contributed by atoms with van der Waals surface area (Å²) in [6.45, 7) is 13.1. The number of aliphatic imine (C=N–C) groups is 2. The molecule has 0 atom stereocenters. The summed E-state index contributed by atoms with van der Waals surface area (Å²) in [6.07, 6.45) is 2.60. The zero-order valence-corrected chi connectivity index (χ0v) is 29.4. The molecule has 4 aromatic carbocycles. The summed E-state index contributed by atoms with van der Waals surface area (Å²) >= 11 is 0. The van der Waals surface area contributed by atoms with Crippen LogP contribution in [-0.4, -0.2) is 48.7 Å². The Morgan fingerprint density at radius 1 is 0.608 bits per heavy atom. The lowest BCUT2D eigenvalue weighted by atomic mass is 9.87. The van der Waals surface area contributed by atoms with Crippen molar-refractivity contribution in [2.24, 2.45) is 9.98 Å². The first-order valence-electron chi connectivity index (χ1n) is 16.2. The van der Waals surface area contributed by atoms with Crippen LogP contribution in [-0.2, 0) is 15.6 Å². The summed E-state index contributed by atoms with van der Waals surface area (Å²) in [6, 6.07) is 19.2. The first kappa shape index (κ1) is 38.0. The normalized spacial score (nSPS) is 12.0. The fourth-order valence-corrected chi connectivity index (χ4v) is 4.79. The number of nitro benzene ring substituents is 2. The van der Waals surface area contributed by atoms with Gasteiger partial charge in [0, 0.05) is 24.6 Å². The van der Waals surface area contributed by atoms with Crippen molar-refractivity contribution >= 4 is 35.2 Å². The Labute approximate surface area is 296 Å². The molecule has 4 aromatic rings. The van der Waals surface area contributed by atoms with Crippen molar-refractivity contribution in [1.82, 2.24) is 0 Å². The molecule has 0 aromatic heterocycles. The fourth-order valence-electron chi connectivity index (χ4n) is 4.79. The molecule has 13 heteroatoms. The van der Waals surface area contributed by atoms with Gasteiger partial charge < -0.3 is 24.4 Å². The molecule has 268 valence electrons. The molecule has 0 N–H and O–H groups in total. The molecule has 0 bridgehead atoms. The predicted molar refractivity (Wildman–Crippen MR) is 192 cm³/mol. The molecule has 0 saturated heterocycles. The lowest BCUT2D eigenvalue weighted by molar-refractivity contribution is -0.398. The Morgan fingerprint density at radius 3 is 1.35 bits per heavy atom. The maximum atomic E-state index is 12.5. The van der Waals surface area contributed by atoms with Gasteiger partial charge in [-0.3, -0.25) is 30.2 Å². The lowest BCUT2D eigenvalue weighted by Crippen LogP contribution is -2.13. The zero-order chi connectivity index (χ0) is 37.3. The monoisotopic (exact) mass is 696 g/mol. The number of ether oxygens (including phenoxy) is 3. The first-order chi connectivity index (χ1) is 24.1. The van der Waals surface area contributed by atoms with E-state index in [1.165, 1.54) is 36.7 Å². The summed E-state index contributed by atoms with van der Waals surface area (Å²) in [5, 5.41) is 47.4. The number of hydrogen-bond donors (Lipinski definition) is 0. The van der Waals surface area contributed by atoms with Crippen molar-refractivity contribution in [3.63, 3.8) is 0 Å². The van der Waals surface area contributed by atoms with Gasteiger partial charge in [0.05, 0.1) is 23.1 Å². The number of rotatable bonds is 14. The minimum absolute atomic E-state index is 0.0840. The molecule has 0 spiro atoms. The second-order valence-electron chi connectivity index (χ2n) is 13.6. The maximum absolute atomic E-state index is 12.5. The van der Waals surface area contributed by atoms with Gasteiger partial charge in [-0.25, -0.2) is 0 Å². The van der Waals surface area contributed by atoms with E-state index in [9.17, 15) is 30.4 Å². The molecule has 0 heterocycles. The van der Waals surface area contributed by atoms with Gasteiger partial charge in [0.1, 0.15) is 36.1 Å². The fraction of sp³-hybridized carbons (Fsp3) is 0.316. The Hall–Kier alpha value is -5.82. The average Bonchev–Trinajstić information content (AvgIpc) is 3.06. The highest BCUT2D eigenvalue weighted by Gasteiger charge is 2.18. The van der Waals surface area contributed by atoms with Gasteiger partial charge in [-0.15, -0.1) is 0 Å². The van der Waals surface area contributed by atoms with E-state index in [1.54, 1.807) is 12.1 Å². The van der Waals surface area contributed by atoms with Gasteiger partial charge >= 0.3 is 0 Å². The predicted octanol–water partition coefficient (Wildman–Crippen LogP) is 7.22. The highest BCUT2D eigenvalue weighted by Crippen LogP contribution is 2.36. The highest BCUT2D eigenvalue weighted by atomic mass is 16.6. The Kier molecular flexibility index (Phi) is 12.1. The second-order valence-corrected chi connectivity index (χ2v) is 13.6. The smallest absolute Gasteiger partial charge is 0.262 e. The lowest BCUT2D eigenvalue weighted by Gasteiger charge is -2.21. The third-order valence-electron chi connectivity index (χ3n) is 7.75. The largest absolute Gasteiger partial charge is 0.867 e. The Balaban J connectivity index is 1.39.